The number of esters is 2. The van der Waals surface area contributed by atoms with E-state index in [4.69, 9.17) is 27.1 Å². The fourth-order valence-corrected chi connectivity index (χ4v) is 2.40. The predicted octanol–water partition coefficient (Wildman–Crippen LogP) is 2.78. The van der Waals surface area contributed by atoms with Crippen LogP contribution in [-0.4, -0.2) is 69.7 Å². The minimum absolute atomic E-state index is 0. The van der Waals surface area contributed by atoms with Crippen molar-refractivity contribution in [1.29, 1.82) is 5.41 Å². The van der Waals surface area contributed by atoms with Crippen LogP contribution in [0.1, 0.15) is 94.6 Å². The Hall–Kier alpha value is -4.07. The van der Waals surface area contributed by atoms with Crippen LogP contribution in [0, 0.1) is 10.8 Å². The lowest BCUT2D eigenvalue weighted by molar-refractivity contribution is -0.154. The molecule has 1 aromatic heterocycles. The maximum Gasteiger partial charge on any atom is 0.375 e. The van der Waals surface area contributed by atoms with E-state index in [1.165, 1.54) is 6.07 Å². The van der Waals surface area contributed by atoms with Gasteiger partial charge < -0.3 is 31.2 Å². The van der Waals surface area contributed by atoms with E-state index in [9.17, 15) is 28.8 Å². The summed E-state index contributed by atoms with van der Waals surface area (Å²) in [4.78, 5) is 69.6. The summed E-state index contributed by atoms with van der Waals surface area (Å²) in [5.74, 6) is -5.55. The van der Waals surface area contributed by atoms with Gasteiger partial charge in [0, 0.05) is 16.5 Å². The van der Waals surface area contributed by atoms with Crippen molar-refractivity contribution in [2.45, 2.75) is 73.6 Å². The predicted molar refractivity (Wildman–Crippen MR) is 152 cm³/mol. The normalized spacial score (nSPS) is 10.2. The molecule has 0 saturated carbocycles. The summed E-state index contributed by atoms with van der Waals surface area (Å²) in [6.45, 7) is 14.4. The topological polar surface area (TPSA) is 250 Å². The number of nitrogen functional groups attached to an aromatic ring is 1. The van der Waals surface area contributed by atoms with Gasteiger partial charge in [-0.3, -0.25) is 19.8 Å². The molecule has 0 spiro atoms. The Bertz CT molecular complexity index is 1120. The van der Waals surface area contributed by atoms with Gasteiger partial charge in [-0.15, -0.1) is 12.4 Å². The first-order chi connectivity index (χ1) is 18.1. The Balaban J connectivity index is -0.000000547. The second kappa shape index (κ2) is 18.3. The van der Waals surface area contributed by atoms with Gasteiger partial charge in [0.1, 0.15) is 29.4 Å². The zero-order valence-electron chi connectivity index (χ0n) is 24.6. The van der Waals surface area contributed by atoms with Gasteiger partial charge in [-0.25, -0.2) is 19.4 Å². The van der Waals surface area contributed by atoms with Gasteiger partial charge >= 0.3 is 23.9 Å². The number of aromatic carboxylic acids is 2. The number of hydrogen-bond acceptors (Lipinski definition) is 11. The van der Waals surface area contributed by atoms with E-state index in [0.717, 1.165) is 0 Å². The van der Waals surface area contributed by atoms with Gasteiger partial charge in [-0.1, -0.05) is 41.5 Å². The fraction of sp³-hybridized carbons (Fsp3) is 0.538. The van der Waals surface area contributed by atoms with Crippen LogP contribution in [0.4, 0.5) is 5.82 Å². The maximum atomic E-state index is 11.4. The van der Waals surface area contributed by atoms with Crippen molar-refractivity contribution in [3.8, 4) is 0 Å². The van der Waals surface area contributed by atoms with Gasteiger partial charge in [0.05, 0.1) is 25.2 Å². The Kier molecular flexibility index (Phi) is 18.5. The molecule has 41 heavy (non-hydrogen) atoms. The number of carboxylic acid groups (broad SMARTS) is 2. The van der Waals surface area contributed by atoms with E-state index < -0.39 is 46.1 Å². The summed E-state index contributed by atoms with van der Waals surface area (Å²) in [5, 5.41) is 24.6. The van der Waals surface area contributed by atoms with Crippen molar-refractivity contribution >= 4 is 59.5 Å². The number of Topliss-reactive ketones (excluding diaryl/α,β-unsaturated/α-hetero) is 2. The fourth-order valence-electron chi connectivity index (χ4n) is 2.40. The van der Waals surface area contributed by atoms with Crippen LogP contribution < -0.4 is 11.5 Å². The number of nitrogens with two attached hydrogens (primary N) is 2. The average molecular weight is 605 g/mol. The third kappa shape index (κ3) is 16.6. The number of amidine groups is 1. The number of nitrogens with one attached hydrogen (secondary N) is 1. The molecule has 0 unspecified atom stereocenters. The minimum Gasteiger partial charge on any atom is -0.478 e. The molecule has 0 aliphatic heterocycles. The molecule has 0 aliphatic carbocycles. The lowest BCUT2D eigenvalue weighted by atomic mass is 9.88. The van der Waals surface area contributed by atoms with E-state index >= 15 is 0 Å². The highest BCUT2D eigenvalue weighted by atomic mass is 35.5. The van der Waals surface area contributed by atoms with Crippen LogP contribution in [0.5, 0.6) is 0 Å². The lowest BCUT2D eigenvalue weighted by Crippen LogP contribution is -2.27. The Morgan fingerprint density at radius 3 is 1.73 bits per heavy atom. The summed E-state index contributed by atoms with van der Waals surface area (Å²) in [5.41, 5.74) is 9.04. The molecule has 0 aromatic carbocycles. The molecule has 0 bridgehead atoms. The van der Waals surface area contributed by atoms with Crippen molar-refractivity contribution in [1.82, 2.24) is 4.98 Å². The summed E-state index contributed by atoms with van der Waals surface area (Å²) < 4.78 is 8.97. The number of aromatic nitrogens is 1. The van der Waals surface area contributed by atoms with Gasteiger partial charge in [0.2, 0.25) is 5.78 Å². The molecule has 0 amide bonds. The molecule has 0 fully saturated rings. The maximum absolute atomic E-state index is 11.4. The molecule has 232 valence electrons. The number of pyridine rings is 1. The van der Waals surface area contributed by atoms with Crippen LogP contribution in [0.2, 0.25) is 0 Å². The second-order valence-electron chi connectivity index (χ2n) is 10.2. The standard InChI is InChI=1S/C11H14N2O4.C10H16O4.C5H10N2O2.ClH/c1-11(2,3)6-4-5(9(14)15)7(10(16)17)8(12)13-6;1-5-14-9(13)7(11)6-8(12)10(2,3)4;1-2-9-5(8)3-4(6)7;/h4H,1-3H3,(H2,12,13)(H,14,15)(H,16,17);5-6H2,1-4H3;2-3H2,1H3,(H3,6,7);1H. The largest absolute Gasteiger partial charge is 0.478 e. The van der Waals surface area contributed by atoms with E-state index in [1.807, 2.05) is 20.8 Å². The molecule has 15 heteroatoms. The van der Waals surface area contributed by atoms with Crippen molar-refractivity contribution in [2.24, 2.45) is 11.1 Å². The molecule has 1 rings (SSSR count). The molecule has 1 heterocycles. The number of carboxylic acids is 2. The monoisotopic (exact) mass is 604 g/mol. The zero-order valence-corrected chi connectivity index (χ0v) is 25.4. The van der Waals surface area contributed by atoms with Crippen molar-refractivity contribution in [3.05, 3.63) is 22.9 Å². The highest BCUT2D eigenvalue weighted by Crippen LogP contribution is 2.25. The smallest absolute Gasteiger partial charge is 0.375 e. The van der Waals surface area contributed by atoms with Crippen molar-refractivity contribution < 1.29 is 48.5 Å². The number of anilines is 1. The molecule has 0 saturated heterocycles. The van der Waals surface area contributed by atoms with Crippen LogP contribution in [0.15, 0.2) is 6.07 Å². The molecule has 7 N–H and O–H groups in total. The number of carbonyl (C=O) groups is 6. The first kappa shape index (κ1) is 41.4. The molecular formula is C26H41ClN4O10. The number of ether oxygens (including phenoxy) is 2. The van der Waals surface area contributed by atoms with Crippen molar-refractivity contribution in [2.75, 3.05) is 18.9 Å². The van der Waals surface area contributed by atoms with E-state index in [2.05, 4.69) is 14.5 Å². The minimum atomic E-state index is -1.40. The number of ketones is 2. The van der Waals surface area contributed by atoms with Crippen LogP contribution in [0.3, 0.4) is 0 Å². The number of rotatable bonds is 9. The second-order valence-corrected chi connectivity index (χ2v) is 10.2. The van der Waals surface area contributed by atoms with Crippen LogP contribution in [0.25, 0.3) is 0 Å². The third-order valence-electron chi connectivity index (χ3n) is 4.56. The molecule has 0 atom stereocenters. The summed E-state index contributed by atoms with van der Waals surface area (Å²) in [7, 11) is 0. The Morgan fingerprint density at radius 2 is 1.39 bits per heavy atom. The molecular weight excluding hydrogens is 564 g/mol. The summed E-state index contributed by atoms with van der Waals surface area (Å²) in [6.07, 6.45) is -0.476. The van der Waals surface area contributed by atoms with Gasteiger partial charge in [-0.2, -0.15) is 0 Å². The third-order valence-corrected chi connectivity index (χ3v) is 4.56. The molecule has 0 radical (unpaired) electrons. The van der Waals surface area contributed by atoms with Crippen LogP contribution >= 0.6 is 12.4 Å². The van der Waals surface area contributed by atoms with Gasteiger partial charge in [0.15, 0.2) is 0 Å². The van der Waals surface area contributed by atoms with Gasteiger partial charge in [-0.05, 0) is 19.9 Å². The summed E-state index contributed by atoms with van der Waals surface area (Å²) in [6, 6.07) is 1.25. The lowest BCUT2D eigenvalue weighted by Gasteiger charge is -2.19. The number of nitrogens with zero attached hydrogens (tertiary/aromatic N) is 1. The van der Waals surface area contributed by atoms with Gasteiger partial charge in [0.25, 0.3) is 0 Å². The van der Waals surface area contributed by atoms with E-state index in [-0.39, 0.29) is 54.9 Å². The first-order valence-electron chi connectivity index (χ1n) is 12.1. The molecule has 0 aliphatic rings. The number of hydrogen-bond donors (Lipinski definition) is 5. The quantitative estimate of drug-likeness (QED) is 0.0894. The van der Waals surface area contributed by atoms with E-state index in [0.29, 0.717) is 12.3 Å². The SMILES string of the molecule is CC(C)(C)c1cc(C(=O)O)c(C(=O)O)c(N)n1.CCOC(=O)C(=O)CC(=O)C(C)(C)C.CCOC(=O)CC(=N)N.Cl. The Labute approximate surface area is 245 Å². The molecule has 14 nitrogen and oxygen atoms in total. The molecule has 1 aromatic rings. The number of halogens is 1. The van der Waals surface area contributed by atoms with E-state index in [1.54, 1.807) is 34.6 Å². The summed E-state index contributed by atoms with van der Waals surface area (Å²) >= 11 is 0. The highest BCUT2D eigenvalue weighted by Gasteiger charge is 2.27. The number of carbonyl (C=O) groups excluding carboxylic acids is 4. The highest BCUT2D eigenvalue weighted by molar-refractivity contribution is 6.37. The average Bonchev–Trinajstić information content (AvgIpc) is 2.77. The van der Waals surface area contributed by atoms with Crippen LogP contribution in [-0.2, 0) is 34.1 Å². The Morgan fingerprint density at radius 1 is 0.902 bits per heavy atom. The first-order valence-corrected chi connectivity index (χ1v) is 12.1. The zero-order chi connectivity index (χ0) is 32.0. The van der Waals surface area contributed by atoms with Crippen molar-refractivity contribution in [3.63, 3.8) is 0 Å².